The molecule has 51 heavy (non-hydrogen) atoms. The van der Waals surface area contributed by atoms with Crippen LogP contribution in [0.4, 0.5) is 14.5 Å². The van der Waals surface area contributed by atoms with Crippen molar-refractivity contribution in [1.82, 2.24) is 24.8 Å². The quantitative estimate of drug-likeness (QED) is 0.169. The topological polar surface area (TPSA) is 181 Å². The Morgan fingerprint density at radius 3 is 2.33 bits per heavy atom. The molecule has 0 radical (unpaired) electrons. The van der Waals surface area contributed by atoms with Crippen molar-refractivity contribution in [3.05, 3.63) is 134 Å². The number of pyridine rings is 1. The van der Waals surface area contributed by atoms with E-state index in [2.05, 4.69) is 20.3 Å². The van der Waals surface area contributed by atoms with Gasteiger partial charge in [0.05, 0.1) is 33.4 Å². The highest BCUT2D eigenvalue weighted by atomic mass is 32.2. The summed E-state index contributed by atoms with van der Waals surface area (Å²) in [6.45, 7) is 1.50. The number of halogens is 2. The summed E-state index contributed by atoms with van der Waals surface area (Å²) >= 11 is 0. The van der Waals surface area contributed by atoms with Crippen molar-refractivity contribution in [3.63, 3.8) is 0 Å². The van der Waals surface area contributed by atoms with Gasteiger partial charge in [0.1, 0.15) is 23.2 Å². The summed E-state index contributed by atoms with van der Waals surface area (Å²) in [6, 6.07) is 12.8. The van der Waals surface area contributed by atoms with E-state index in [-0.39, 0.29) is 22.4 Å². The molecule has 13 nitrogen and oxygen atoms in total. The van der Waals surface area contributed by atoms with Gasteiger partial charge in [0.15, 0.2) is 0 Å². The van der Waals surface area contributed by atoms with Crippen LogP contribution in [0.1, 0.15) is 27.9 Å². The number of rotatable bonds is 10. The minimum Gasteiger partial charge on any atom is -0.480 e. The molecule has 3 aromatic carbocycles. The lowest BCUT2D eigenvalue weighted by Gasteiger charge is -2.17. The van der Waals surface area contributed by atoms with Crippen LogP contribution in [0.25, 0.3) is 22.2 Å². The summed E-state index contributed by atoms with van der Waals surface area (Å²) in [7, 11) is -2.77. The zero-order valence-electron chi connectivity index (χ0n) is 26.9. The van der Waals surface area contributed by atoms with E-state index in [1.807, 2.05) is 6.08 Å². The SMILES string of the molecule is Cn1c(=O)n(-c2ccc(C[C@H](NC(=O)c3c(F)cc(NS(=O)(=O)c4ccc(C5=CCNCC5)cc4)cc3F)C(=O)O)cc2)c(=O)c2ccncc21. The lowest BCUT2D eigenvalue weighted by Crippen LogP contribution is -2.43. The average Bonchev–Trinajstić information content (AvgIpc) is 3.11. The van der Waals surface area contributed by atoms with Gasteiger partial charge in [-0.2, -0.15) is 0 Å². The number of nitrogens with one attached hydrogen (secondary N) is 3. The number of hydrogen-bond acceptors (Lipinski definition) is 8. The van der Waals surface area contributed by atoms with Gasteiger partial charge in [0.2, 0.25) is 0 Å². The molecule has 0 unspecified atom stereocenters. The van der Waals surface area contributed by atoms with Gasteiger partial charge in [0.25, 0.3) is 21.5 Å². The number of aromatic nitrogens is 3. The number of carbonyl (C=O) groups excluding carboxylic acids is 1. The molecule has 3 heterocycles. The van der Waals surface area contributed by atoms with E-state index >= 15 is 8.78 Å². The minimum absolute atomic E-state index is 0.148. The van der Waals surface area contributed by atoms with Gasteiger partial charge in [-0.15, -0.1) is 0 Å². The molecular weight excluding hydrogens is 686 g/mol. The van der Waals surface area contributed by atoms with E-state index in [4.69, 9.17) is 0 Å². The molecule has 2 aromatic heterocycles. The number of carboxylic acid groups (broad SMARTS) is 1. The molecule has 1 amide bonds. The number of carboxylic acids is 1. The molecule has 16 heteroatoms. The van der Waals surface area contributed by atoms with Gasteiger partial charge in [-0.25, -0.2) is 31.4 Å². The first-order chi connectivity index (χ1) is 24.3. The van der Waals surface area contributed by atoms with Crippen molar-refractivity contribution in [2.24, 2.45) is 7.05 Å². The molecule has 0 bridgehead atoms. The predicted octanol–water partition coefficient (Wildman–Crippen LogP) is 2.97. The van der Waals surface area contributed by atoms with Crippen molar-refractivity contribution in [2.75, 3.05) is 17.8 Å². The first-order valence-electron chi connectivity index (χ1n) is 15.5. The molecule has 0 spiro atoms. The monoisotopic (exact) mass is 716 g/mol. The standard InChI is InChI=1S/C35H30F2N6O7S/c1-42-30-19-39-15-12-26(30)33(45)43(35(42)48)24-6-2-20(3-7-24)16-29(34(46)47)40-32(44)31-27(36)17-23(18-28(31)37)41-51(49,50)25-8-4-21(5-9-25)22-10-13-38-14-11-22/h2-10,12,15,17-19,29,38,41H,11,13-14,16H2,1H3,(H,40,44)(H,46,47)/t29-/m0/s1. The third-order valence-electron chi connectivity index (χ3n) is 8.43. The first kappa shape index (κ1) is 34.8. The van der Waals surface area contributed by atoms with E-state index in [0.717, 1.165) is 28.7 Å². The van der Waals surface area contributed by atoms with Crippen molar-refractivity contribution in [2.45, 2.75) is 23.8 Å². The van der Waals surface area contributed by atoms with Crippen molar-refractivity contribution >= 4 is 44.1 Å². The number of sulfonamides is 1. The maximum absolute atomic E-state index is 15.1. The van der Waals surface area contributed by atoms with Crippen LogP contribution < -0.4 is 26.6 Å². The second kappa shape index (κ2) is 14.1. The van der Waals surface area contributed by atoms with E-state index < -0.39 is 62.1 Å². The molecule has 1 atom stereocenters. The van der Waals surface area contributed by atoms with Gasteiger partial charge >= 0.3 is 11.7 Å². The molecule has 4 N–H and O–H groups in total. The summed E-state index contributed by atoms with van der Waals surface area (Å²) in [6.07, 6.45) is 5.27. The van der Waals surface area contributed by atoms with Crippen molar-refractivity contribution < 1.29 is 31.9 Å². The summed E-state index contributed by atoms with van der Waals surface area (Å²) in [4.78, 5) is 54.8. The summed E-state index contributed by atoms with van der Waals surface area (Å²) in [5.74, 6) is -5.74. The van der Waals surface area contributed by atoms with Crippen LogP contribution in [0.2, 0.25) is 0 Å². The van der Waals surface area contributed by atoms with Crippen molar-refractivity contribution in [1.29, 1.82) is 0 Å². The maximum Gasteiger partial charge on any atom is 0.335 e. The highest BCUT2D eigenvalue weighted by molar-refractivity contribution is 7.92. The van der Waals surface area contributed by atoms with E-state index in [1.165, 1.54) is 66.5 Å². The largest absolute Gasteiger partial charge is 0.480 e. The Kier molecular flexibility index (Phi) is 9.62. The molecule has 262 valence electrons. The van der Waals surface area contributed by atoms with Gasteiger partial charge in [-0.05, 0) is 72.1 Å². The zero-order chi connectivity index (χ0) is 36.4. The fourth-order valence-corrected chi connectivity index (χ4v) is 6.81. The second-order valence-corrected chi connectivity index (χ2v) is 13.4. The lowest BCUT2D eigenvalue weighted by atomic mass is 10.0. The molecule has 0 saturated heterocycles. The molecule has 1 aliphatic rings. The molecule has 6 rings (SSSR count). The van der Waals surface area contributed by atoms with Crippen LogP contribution in [0.15, 0.2) is 99.7 Å². The molecule has 5 aromatic rings. The molecule has 0 fully saturated rings. The van der Waals surface area contributed by atoms with E-state index in [1.54, 1.807) is 12.1 Å². The zero-order valence-corrected chi connectivity index (χ0v) is 27.7. The first-order valence-corrected chi connectivity index (χ1v) is 17.0. The third-order valence-corrected chi connectivity index (χ3v) is 9.83. The number of fused-ring (bicyclic) bond motifs is 1. The maximum atomic E-state index is 15.1. The third kappa shape index (κ3) is 7.18. The number of aryl methyl sites for hydroxylation is 1. The van der Waals surface area contributed by atoms with Crippen LogP contribution in [-0.4, -0.2) is 58.7 Å². The molecule has 0 saturated carbocycles. The second-order valence-electron chi connectivity index (χ2n) is 11.7. The van der Waals surface area contributed by atoms with Crippen LogP contribution in [-0.2, 0) is 28.3 Å². The summed E-state index contributed by atoms with van der Waals surface area (Å²) < 4.78 is 60.5. The Balaban J connectivity index is 1.16. The van der Waals surface area contributed by atoms with Crippen LogP contribution in [0.3, 0.4) is 0 Å². The molecule has 1 aliphatic heterocycles. The fourth-order valence-electron chi connectivity index (χ4n) is 5.77. The van der Waals surface area contributed by atoms with Crippen molar-refractivity contribution in [3.8, 4) is 5.69 Å². The highest BCUT2D eigenvalue weighted by Gasteiger charge is 2.27. The normalized spacial score (nSPS) is 13.7. The Bertz CT molecular complexity index is 2420. The number of benzene rings is 3. The minimum atomic E-state index is -4.26. The highest BCUT2D eigenvalue weighted by Crippen LogP contribution is 2.25. The van der Waals surface area contributed by atoms with Gasteiger partial charge < -0.3 is 15.7 Å². The van der Waals surface area contributed by atoms with Gasteiger partial charge in [-0.1, -0.05) is 30.3 Å². The number of anilines is 1. The van der Waals surface area contributed by atoms with Crippen LogP contribution in [0, 0.1) is 11.6 Å². The van der Waals surface area contributed by atoms with E-state index in [0.29, 0.717) is 29.8 Å². The number of nitrogens with zero attached hydrogens (tertiary/aromatic N) is 3. The number of amides is 1. The van der Waals surface area contributed by atoms with Crippen LogP contribution in [0.5, 0.6) is 0 Å². The Morgan fingerprint density at radius 2 is 1.71 bits per heavy atom. The van der Waals surface area contributed by atoms with Gasteiger partial charge in [0, 0.05) is 26.2 Å². The number of carbonyl (C=O) groups is 2. The molecule has 0 aliphatic carbocycles. The summed E-state index contributed by atoms with van der Waals surface area (Å²) in [5, 5.41) is 15.3. The number of aliphatic carboxylic acids is 1. The Hall–Kier alpha value is -6.00. The fraction of sp³-hybridized carbons (Fsp3) is 0.171. The van der Waals surface area contributed by atoms with Gasteiger partial charge in [-0.3, -0.25) is 23.9 Å². The Morgan fingerprint density at radius 1 is 1.02 bits per heavy atom. The van der Waals surface area contributed by atoms with Crippen LogP contribution >= 0.6 is 0 Å². The average molecular weight is 717 g/mol. The summed E-state index contributed by atoms with van der Waals surface area (Å²) in [5.41, 5.74) is -0.00218. The Labute approximate surface area is 288 Å². The smallest absolute Gasteiger partial charge is 0.335 e. The number of hydrogen-bond donors (Lipinski definition) is 4. The van der Waals surface area contributed by atoms with E-state index in [9.17, 15) is 32.7 Å². The molecular formula is C35H30F2N6O7S. The predicted molar refractivity (Wildman–Crippen MR) is 184 cm³/mol. The lowest BCUT2D eigenvalue weighted by molar-refractivity contribution is -0.139.